The number of pyridine rings is 1. The molecule has 8 heteroatoms. The number of benzene rings is 1. The van der Waals surface area contributed by atoms with Crippen LogP contribution in [0.2, 0.25) is 5.02 Å². The topological polar surface area (TPSA) is 94.7 Å². The van der Waals surface area contributed by atoms with Crippen molar-refractivity contribution >= 4 is 40.2 Å². The summed E-state index contributed by atoms with van der Waals surface area (Å²) in [5.41, 5.74) is 2.75. The van der Waals surface area contributed by atoms with Gasteiger partial charge in [0.25, 0.3) is 0 Å². The lowest BCUT2D eigenvalue weighted by molar-refractivity contribution is 0.249. The molecule has 136 valence electrons. The fraction of sp³-hybridized carbons (Fsp3) is 0.278. The van der Waals surface area contributed by atoms with Crippen LogP contribution in [-0.4, -0.2) is 27.8 Å². The maximum absolute atomic E-state index is 12.3. The number of hydrogen-bond acceptors (Lipinski definition) is 4. The summed E-state index contributed by atoms with van der Waals surface area (Å²) in [6.45, 7) is 6.61. The highest BCUT2D eigenvalue weighted by Crippen LogP contribution is 2.22. The first kappa shape index (κ1) is 18.0. The largest absolute Gasteiger partial charge is 0.368 e. The third-order valence-electron chi connectivity index (χ3n) is 4.06. The summed E-state index contributed by atoms with van der Waals surface area (Å²) >= 11 is 6.05. The molecule has 0 aliphatic heterocycles. The smallest absolute Gasteiger partial charge is 0.320 e. The van der Waals surface area contributed by atoms with E-state index in [1.807, 2.05) is 39.0 Å². The molecule has 7 nitrogen and oxygen atoms in total. The molecule has 1 atom stereocenters. The predicted molar refractivity (Wildman–Crippen MR) is 105 cm³/mol. The number of hydrogen-bond donors (Lipinski definition) is 4. The summed E-state index contributed by atoms with van der Waals surface area (Å²) in [5.74, 6) is 1.19. The summed E-state index contributed by atoms with van der Waals surface area (Å²) < 4.78 is 0. The van der Waals surface area contributed by atoms with Gasteiger partial charge >= 0.3 is 6.03 Å². The van der Waals surface area contributed by atoms with Crippen LogP contribution in [0, 0.1) is 6.92 Å². The van der Waals surface area contributed by atoms with Crippen molar-refractivity contribution in [2.24, 2.45) is 0 Å². The lowest BCUT2D eigenvalue weighted by atomic mass is 10.1. The van der Waals surface area contributed by atoms with Crippen LogP contribution in [0.25, 0.3) is 10.9 Å². The molecule has 0 bridgehead atoms. The number of aryl methyl sites for hydroxylation is 1. The van der Waals surface area contributed by atoms with E-state index < -0.39 is 0 Å². The molecule has 0 saturated carbocycles. The molecule has 0 radical (unpaired) electrons. The number of anilines is 2. The number of carbonyl (C=O) groups is 1. The monoisotopic (exact) mass is 372 g/mol. The number of fused-ring (bicyclic) bond motifs is 1. The number of H-pyrrole nitrogens is 1. The number of halogens is 1. The number of nitrogens with one attached hydrogen (secondary N) is 4. The van der Waals surface area contributed by atoms with E-state index in [9.17, 15) is 4.79 Å². The first-order chi connectivity index (χ1) is 12.5. The highest BCUT2D eigenvalue weighted by atomic mass is 35.5. The maximum atomic E-state index is 12.3. The lowest BCUT2D eigenvalue weighted by Crippen LogP contribution is -2.31. The number of urea groups is 1. The van der Waals surface area contributed by atoms with Crippen LogP contribution in [0.15, 0.2) is 30.5 Å². The van der Waals surface area contributed by atoms with Crippen molar-refractivity contribution in [2.45, 2.75) is 26.8 Å². The van der Waals surface area contributed by atoms with Crippen LogP contribution in [0.1, 0.15) is 31.0 Å². The normalized spacial score (nSPS) is 12.0. The van der Waals surface area contributed by atoms with Crippen molar-refractivity contribution in [3.05, 3.63) is 46.6 Å². The number of aromatic amines is 1. The Balaban J connectivity index is 1.67. The van der Waals surface area contributed by atoms with Crippen molar-refractivity contribution in [3.63, 3.8) is 0 Å². The molecule has 3 rings (SSSR count). The van der Waals surface area contributed by atoms with Crippen LogP contribution in [-0.2, 0) is 0 Å². The van der Waals surface area contributed by atoms with Crippen molar-refractivity contribution in [2.75, 3.05) is 17.2 Å². The van der Waals surface area contributed by atoms with Gasteiger partial charge in [-0.3, -0.25) is 10.4 Å². The summed E-state index contributed by atoms with van der Waals surface area (Å²) in [6, 6.07) is 6.95. The molecule has 1 unspecified atom stereocenters. The van der Waals surface area contributed by atoms with Gasteiger partial charge < -0.3 is 10.6 Å². The number of aromatic nitrogens is 3. The van der Waals surface area contributed by atoms with Crippen molar-refractivity contribution in [1.82, 2.24) is 20.5 Å². The molecule has 0 spiro atoms. The molecule has 2 heterocycles. The quantitative estimate of drug-likeness (QED) is 0.539. The molecule has 2 amide bonds. The Morgan fingerprint density at radius 1 is 1.35 bits per heavy atom. The molecule has 2 aromatic heterocycles. The minimum absolute atomic E-state index is 0.165. The van der Waals surface area contributed by atoms with E-state index in [2.05, 4.69) is 31.1 Å². The Kier molecular flexibility index (Phi) is 5.27. The third kappa shape index (κ3) is 3.88. The third-order valence-corrected chi connectivity index (χ3v) is 4.49. The second-order valence-electron chi connectivity index (χ2n) is 6.05. The Bertz CT molecular complexity index is 939. The fourth-order valence-electron chi connectivity index (χ4n) is 2.65. The zero-order chi connectivity index (χ0) is 18.7. The van der Waals surface area contributed by atoms with Gasteiger partial charge in [-0.25, -0.2) is 9.78 Å². The first-order valence-corrected chi connectivity index (χ1v) is 8.77. The van der Waals surface area contributed by atoms with Gasteiger partial charge in [-0.2, -0.15) is 5.10 Å². The van der Waals surface area contributed by atoms with Gasteiger partial charge in [0.15, 0.2) is 5.82 Å². The number of nitrogens with zero attached hydrogens (tertiary/aromatic N) is 2. The van der Waals surface area contributed by atoms with Crippen LogP contribution < -0.4 is 16.0 Å². The highest BCUT2D eigenvalue weighted by Gasteiger charge is 2.12. The van der Waals surface area contributed by atoms with Gasteiger partial charge in [-0.05, 0) is 38.0 Å². The zero-order valence-corrected chi connectivity index (χ0v) is 15.6. The fourth-order valence-corrected chi connectivity index (χ4v) is 2.77. The van der Waals surface area contributed by atoms with E-state index in [1.54, 1.807) is 12.3 Å². The van der Waals surface area contributed by atoms with E-state index in [0.717, 1.165) is 34.4 Å². The average molecular weight is 373 g/mol. The summed E-state index contributed by atoms with van der Waals surface area (Å²) in [7, 11) is 0. The molecule has 0 aliphatic rings. The van der Waals surface area contributed by atoms with Crippen LogP contribution in [0.4, 0.5) is 16.4 Å². The second kappa shape index (κ2) is 7.61. The summed E-state index contributed by atoms with van der Waals surface area (Å²) in [4.78, 5) is 16.5. The standard InChI is InChI=1S/C18H21ClN6O/c1-4-20-17-13-9-21-16(8-15(13)24-25-17)23-18(26)22-11(3)12-5-6-14(19)10(2)7-12/h5-9,11H,4H2,1-3H3,(H2,20,24,25)(H2,21,22,23,26). The van der Waals surface area contributed by atoms with E-state index in [-0.39, 0.29) is 12.1 Å². The van der Waals surface area contributed by atoms with Gasteiger partial charge in [0.2, 0.25) is 0 Å². The van der Waals surface area contributed by atoms with Gasteiger partial charge in [-0.1, -0.05) is 23.7 Å². The minimum Gasteiger partial charge on any atom is -0.368 e. The van der Waals surface area contributed by atoms with Crippen molar-refractivity contribution < 1.29 is 4.79 Å². The van der Waals surface area contributed by atoms with E-state index in [4.69, 9.17) is 11.6 Å². The number of rotatable bonds is 5. The zero-order valence-electron chi connectivity index (χ0n) is 14.9. The Hall–Kier alpha value is -2.80. The Morgan fingerprint density at radius 2 is 2.15 bits per heavy atom. The summed E-state index contributed by atoms with van der Waals surface area (Å²) in [5, 5.41) is 17.5. The lowest BCUT2D eigenvalue weighted by Gasteiger charge is -2.15. The van der Waals surface area contributed by atoms with E-state index >= 15 is 0 Å². The molecule has 26 heavy (non-hydrogen) atoms. The highest BCUT2D eigenvalue weighted by molar-refractivity contribution is 6.31. The average Bonchev–Trinajstić information content (AvgIpc) is 3.00. The number of amides is 2. The van der Waals surface area contributed by atoms with Gasteiger partial charge in [-0.15, -0.1) is 0 Å². The van der Waals surface area contributed by atoms with E-state index in [1.165, 1.54) is 0 Å². The first-order valence-electron chi connectivity index (χ1n) is 8.39. The SMILES string of the molecule is CCNc1n[nH]c2cc(NC(=O)NC(C)c3ccc(Cl)c(C)c3)ncc12. The predicted octanol–water partition coefficient (Wildman–Crippen LogP) is 4.23. The van der Waals surface area contributed by atoms with Crippen LogP contribution in [0.3, 0.4) is 0 Å². The molecule has 4 N–H and O–H groups in total. The van der Waals surface area contributed by atoms with Crippen LogP contribution >= 0.6 is 11.6 Å². The van der Waals surface area contributed by atoms with Crippen molar-refractivity contribution in [1.29, 1.82) is 0 Å². The second-order valence-corrected chi connectivity index (χ2v) is 6.45. The van der Waals surface area contributed by atoms with Gasteiger partial charge in [0.1, 0.15) is 5.82 Å². The minimum atomic E-state index is -0.330. The van der Waals surface area contributed by atoms with Crippen molar-refractivity contribution in [3.8, 4) is 0 Å². The molecule has 1 aromatic carbocycles. The number of carbonyl (C=O) groups excluding carboxylic acids is 1. The van der Waals surface area contributed by atoms with E-state index in [0.29, 0.717) is 10.8 Å². The molecule has 0 fully saturated rings. The molecular formula is C18H21ClN6O. The molecule has 0 saturated heterocycles. The van der Waals surface area contributed by atoms with Gasteiger partial charge in [0, 0.05) is 23.8 Å². The molecular weight excluding hydrogens is 352 g/mol. The van der Waals surface area contributed by atoms with Crippen LogP contribution in [0.5, 0.6) is 0 Å². The maximum Gasteiger partial charge on any atom is 0.320 e. The Labute approximate surface area is 156 Å². The summed E-state index contributed by atoms with van der Waals surface area (Å²) in [6.07, 6.45) is 1.68. The Morgan fingerprint density at radius 3 is 2.88 bits per heavy atom. The molecule has 0 aliphatic carbocycles. The van der Waals surface area contributed by atoms with Gasteiger partial charge in [0.05, 0.1) is 16.9 Å². The molecule has 3 aromatic rings.